The van der Waals surface area contributed by atoms with E-state index < -0.39 is 16.0 Å². The normalized spacial score (nSPS) is 11.9. The molecule has 0 unspecified atom stereocenters. The number of aryl methyl sites for hydroxylation is 1. The first-order valence-corrected chi connectivity index (χ1v) is 10.7. The SMILES string of the molecule is Cc1[nH]n(-c2cc(Cl)ccc2[N+](=O)[O-])c(=O)c1/C=c1/c(C)c(C#N)c2nc3ccccc3n2c1=O. The predicted molar refractivity (Wildman–Crippen MR) is 130 cm³/mol. The third-order valence-corrected chi connectivity index (χ3v) is 6.12. The van der Waals surface area contributed by atoms with Gasteiger partial charge in [0, 0.05) is 22.0 Å². The van der Waals surface area contributed by atoms with E-state index in [9.17, 15) is 25.0 Å². The lowest BCUT2D eigenvalue weighted by Gasteiger charge is -2.03. The Morgan fingerprint density at radius 1 is 1.17 bits per heavy atom. The van der Waals surface area contributed by atoms with Crippen LogP contribution in [0.3, 0.4) is 0 Å². The van der Waals surface area contributed by atoms with Crippen molar-refractivity contribution in [1.82, 2.24) is 19.2 Å². The molecule has 35 heavy (non-hydrogen) atoms. The van der Waals surface area contributed by atoms with Crippen LogP contribution >= 0.6 is 11.6 Å². The van der Waals surface area contributed by atoms with Crippen LogP contribution in [0.2, 0.25) is 5.02 Å². The zero-order chi connectivity index (χ0) is 25.0. The minimum atomic E-state index is -0.616. The molecule has 0 spiro atoms. The quantitative estimate of drug-likeness (QED) is 0.307. The largest absolute Gasteiger partial charge is 0.295 e. The minimum absolute atomic E-state index is 0.0388. The highest BCUT2D eigenvalue weighted by molar-refractivity contribution is 6.30. The van der Waals surface area contributed by atoms with Gasteiger partial charge in [0.05, 0.1) is 27.1 Å². The van der Waals surface area contributed by atoms with Gasteiger partial charge in [0.2, 0.25) is 0 Å². The second kappa shape index (κ2) is 7.93. The van der Waals surface area contributed by atoms with Gasteiger partial charge in [-0.15, -0.1) is 0 Å². The summed E-state index contributed by atoms with van der Waals surface area (Å²) in [5, 5.41) is 24.5. The summed E-state index contributed by atoms with van der Waals surface area (Å²) in [6.45, 7) is 3.23. The first-order valence-electron chi connectivity index (χ1n) is 10.3. The van der Waals surface area contributed by atoms with E-state index in [1.807, 2.05) is 0 Å². The molecule has 5 rings (SSSR count). The maximum atomic E-state index is 13.5. The number of pyridine rings is 1. The van der Waals surface area contributed by atoms with Gasteiger partial charge in [0.15, 0.2) is 5.65 Å². The number of nitrogens with zero attached hydrogens (tertiary/aromatic N) is 5. The summed E-state index contributed by atoms with van der Waals surface area (Å²) in [7, 11) is 0. The Bertz CT molecular complexity index is 1930. The van der Waals surface area contributed by atoms with Crippen molar-refractivity contribution in [3.63, 3.8) is 0 Å². The van der Waals surface area contributed by atoms with Gasteiger partial charge in [-0.25, -0.2) is 9.67 Å². The van der Waals surface area contributed by atoms with Crippen LogP contribution < -0.4 is 16.3 Å². The molecule has 0 aliphatic rings. The fraction of sp³-hybridized carbons (Fsp3) is 0.0833. The summed E-state index contributed by atoms with van der Waals surface area (Å²) in [6.07, 6.45) is 1.40. The second-order valence-electron chi connectivity index (χ2n) is 7.92. The molecule has 0 aliphatic carbocycles. The maximum Gasteiger partial charge on any atom is 0.295 e. The molecule has 0 radical (unpaired) electrons. The van der Waals surface area contributed by atoms with Gasteiger partial charge >= 0.3 is 0 Å². The number of nitrogens with one attached hydrogen (secondary N) is 1. The van der Waals surface area contributed by atoms with E-state index in [0.29, 0.717) is 22.3 Å². The highest BCUT2D eigenvalue weighted by Gasteiger charge is 2.21. The van der Waals surface area contributed by atoms with E-state index in [-0.39, 0.29) is 38.4 Å². The van der Waals surface area contributed by atoms with E-state index >= 15 is 0 Å². The lowest BCUT2D eigenvalue weighted by molar-refractivity contribution is -0.384. The molecule has 1 N–H and O–H groups in total. The number of benzene rings is 2. The van der Waals surface area contributed by atoms with Crippen LogP contribution in [0.5, 0.6) is 0 Å². The Balaban J connectivity index is 1.85. The van der Waals surface area contributed by atoms with Crippen molar-refractivity contribution in [1.29, 1.82) is 5.26 Å². The van der Waals surface area contributed by atoms with E-state index in [1.165, 1.54) is 28.7 Å². The predicted octanol–water partition coefficient (Wildman–Crippen LogP) is 2.92. The van der Waals surface area contributed by atoms with Gasteiger partial charge in [-0.05, 0) is 49.8 Å². The number of H-pyrrole nitrogens is 1. The average Bonchev–Trinajstić information content (AvgIpc) is 3.34. The van der Waals surface area contributed by atoms with Crippen molar-refractivity contribution in [3.05, 3.63) is 106 Å². The summed E-state index contributed by atoms with van der Waals surface area (Å²) >= 11 is 6.03. The number of aromatic nitrogens is 4. The molecule has 0 amide bonds. The van der Waals surface area contributed by atoms with Crippen LogP contribution in [0.25, 0.3) is 28.4 Å². The Kier molecular flexibility index (Phi) is 5.00. The van der Waals surface area contributed by atoms with Gasteiger partial charge in [-0.1, -0.05) is 23.7 Å². The van der Waals surface area contributed by atoms with Gasteiger partial charge in [0.25, 0.3) is 16.8 Å². The number of para-hydroxylation sites is 2. The number of rotatable bonds is 3. The number of aromatic amines is 1. The topological polar surface area (TPSA) is 139 Å². The van der Waals surface area contributed by atoms with Gasteiger partial charge < -0.3 is 0 Å². The highest BCUT2D eigenvalue weighted by atomic mass is 35.5. The standard InChI is InChI=1S/C24H15ClN6O4/c1-12-15(23(32)29-19-6-4-3-5-18(19)27-22(29)17(12)11-26)10-16-13(2)28-30(24(16)33)21-9-14(25)7-8-20(21)31(34)35/h3-10,28H,1-2H3/b15-10-. The molecule has 3 aromatic heterocycles. The molecule has 2 aromatic carbocycles. The molecular formula is C24H15ClN6O4. The summed E-state index contributed by atoms with van der Waals surface area (Å²) in [4.78, 5) is 42.2. The van der Waals surface area contributed by atoms with E-state index in [2.05, 4.69) is 16.2 Å². The van der Waals surface area contributed by atoms with Crippen LogP contribution in [0.15, 0.2) is 52.1 Å². The molecule has 0 atom stereocenters. The summed E-state index contributed by atoms with van der Waals surface area (Å²) in [6, 6.07) is 13.0. The Morgan fingerprint density at radius 2 is 1.91 bits per heavy atom. The molecule has 10 nitrogen and oxygen atoms in total. The monoisotopic (exact) mass is 486 g/mol. The summed E-state index contributed by atoms with van der Waals surface area (Å²) in [5.74, 6) is 0. The number of hydrogen-bond acceptors (Lipinski definition) is 6. The number of nitriles is 1. The fourth-order valence-corrected chi connectivity index (χ4v) is 4.33. The van der Waals surface area contributed by atoms with Gasteiger partial charge in [0.1, 0.15) is 11.8 Å². The van der Waals surface area contributed by atoms with Crippen molar-refractivity contribution >= 4 is 40.0 Å². The second-order valence-corrected chi connectivity index (χ2v) is 8.35. The molecule has 5 aromatic rings. The Labute approximate surface area is 201 Å². The van der Waals surface area contributed by atoms with Crippen LogP contribution in [0.1, 0.15) is 22.4 Å². The molecule has 0 saturated carbocycles. The number of fused-ring (bicyclic) bond motifs is 3. The maximum absolute atomic E-state index is 13.5. The number of imidazole rings is 1. The molecule has 0 fully saturated rings. The van der Waals surface area contributed by atoms with Crippen LogP contribution in [0, 0.1) is 35.3 Å². The lowest BCUT2D eigenvalue weighted by Crippen LogP contribution is -2.34. The number of nitro groups is 1. The number of halogens is 1. The smallest absolute Gasteiger partial charge is 0.294 e. The lowest BCUT2D eigenvalue weighted by atomic mass is 10.1. The zero-order valence-corrected chi connectivity index (χ0v) is 19.1. The van der Waals surface area contributed by atoms with Crippen LogP contribution in [-0.2, 0) is 0 Å². The van der Waals surface area contributed by atoms with Crippen molar-refractivity contribution in [2.24, 2.45) is 0 Å². The fourth-order valence-electron chi connectivity index (χ4n) is 4.16. The van der Waals surface area contributed by atoms with Gasteiger partial charge in [-0.2, -0.15) is 5.26 Å². The molecule has 3 heterocycles. The average molecular weight is 487 g/mol. The number of hydrogen-bond donors (Lipinski definition) is 1. The van der Waals surface area contributed by atoms with Crippen molar-refractivity contribution in [2.45, 2.75) is 13.8 Å². The molecule has 172 valence electrons. The number of nitro benzene ring substituents is 1. The van der Waals surface area contributed by atoms with E-state index in [0.717, 1.165) is 4.68 Å². The molecule has 0 bridgehead atoms. The molecular weight excluding hydrogens is 472 g/mol. The Hall–Kier alpha value is -4.75. The molecule has 0 saturated heterocycles. The van der Waals surface area contributed by atoms with E-state index in [1.54, 1.807) is 38.1 Å². The molecule has 11 heteroatoms. The van der Waals surface area contributed by atoms with E-state index in [4.69, 9.17) is 11.6 Å². The van der Waals surface area contributed by atoms with Gasteiger partial charge in [-0.3, -0.25) is 29.2 Å². The summed E-state index contributed by atoms with van der Waals surface area (Å²) in [5.41, 5.74) is 1.02. The first kappa shape index (κ1) is 22.1. The zero-order valence-electron chi connectivity index (χ0n) is 18.4. The van der Waals surface area contributed by atoms with Crippen molar-refractivity contribution in [3.8, 4) is 11.8 Å². The third kappa shape index (κ3) is 3.29. The van der Waals surface area contributed by atoms with Crippen LogP contribution in [-0.4, -0.2) is 24.1 Å². The Morgan fingerprint density at radius 3 is 2.63 bits per heavy atom. The van der Waals surface area contributed by atoms with Crippen molar-refractivity contribution in [2.75, 3.05) is 0 Å². The molecule has 0 aliphatic heterocycles. The first-order chi connectivity index (χ1) is 16.7. The third-order valence-electron chi connectivity index (χ3n) is 5.89. The highest BCUT2D eigenvalue weighted by Crippen LogP contribution is 2.25. The van der Waals surface area contributed by atoms with Crippen LogP contribution in [0.4, 0.5) is 5.69 Å². The minimum Gasteiger partial charge on any atom is -0.294 e. The summed E-state index contributed by atoms with van der Waals surface area (Å²) < 4.78 is 2.37. The van der Waals surface area contributed by atoms with Crippen molar-refractivity contribution < 1.29 is 4.92 Å².